The summed E-state index contributed by atoms with van der Waals surface area (Å²) in [6.45, 7) is 10.5. The van der Waals surface area contributed by atoms with Crippen LogP contribution in [-0.4, -0.2) is 30.3 Å². The summed E-state index contributed by atoms with van der Waals surface area (Å²) in [6, 6.07) is 11.2. The zero-order chi connectivity index (χ0) is 15.1. The standard InChI is InChI=1S/C9H12N.C8H15O.H2O.Pd/c1-10(2)8-9-6-4-3-5-7-9;1-6(2)8(4,5)7(3)9;;/h3-6H,8H2,1-2H3;1-5H3;1H2;/q2*-1;;. The number of rotatable bonds is 4. The Labute approximate surface area is 144 Å². The number of carbonyl (C=O) groups is 1. The van der Waals surface area contributed by atoms with E-state index in [4.69, 9.17) is 0 Å². The first-order valence-corrected chi connectivity index (χ1v) is 6.60. The summed E-state index contributed by atoms with van der Waals surface area (Å²) in [6.07, 6.45) is 0. The van der Waals surface area contributed by atoms with Crippen molar-refractivity contribution in [3.05, 3.63) is 41.8 Å². The van der Waals surface area contributed by atoms with Crippen LogP contribution < -0.4 is 0 Å². The van der Waals surface area contributed by atoms with Gasteiger partial charge in [0.25, 0.3) is 0 Å². The minimum absolute atomic E-state index is 0. The van der Waals surface area contributed by atoms with E-state index < -0.39 is 0 Å². The van der Waals surface area contributed by atoms with Crippen LogP contribution in [0.15, 0.2) is 24.3 Å². The molecule has 1 rings (SSSR count). The molecule has 0 aromatic heterocycles. The number of nitrogens with zero attached hydrogens (tertiary/aromatic N) is 1. The van der Waals surface area contributed by atoms with Crippen LogP contribution in [0.1, 0.15) is 40.2 Å². The van der Waals surface area contributed by atoms with Crippen molar-refractivity contribution in [2.24, 2.45) is 5.41 Å². The molecule has 0 heterocycles. The first-order chi connectivity index (χ1) is 8.67. The van der Waals surface area contributed by atoms with Gasteiger partial charge in [0.1, 0.15) is 5.78 Å². The van der Waals surface area contributed by atoms with E-state index in [1.165, 1.54) is 11.5 Å². The summed E-state index contributed by atoms with van der Waals surface area (Å²) in [4.78, 5) is 13.0. The Balaban J connectivity index is -0.000000284. The molecule has 0 bridgehead atoms. The molecule has 0 fully saturated rings. The Hall–Kier alpha value is -0.528. The molecular weight excluding hydrogens is 357 g/mol. The number of hydrogen-bond acceptors (Lipinski definition) is 2. The summed E-state index contributed by atoms with van der Waals surface area (Å²) >= 11 is 0. The Bertz CT molecular complexity index is 376. The van der Waals surface area contributed by atoms with Gasteiger partial charge in [-0.1, -0.05) is 19.3 Å². The van der Waals surface area contributed by atoms with Gasteiger partial charge in [-0.15, -0.1) is 5.56 Å². The largest absolute Gasteiger partial charge is 0.412 e. The van der Waals surface area contributed by atoms with Gasteiger partial charge in [-0.3, -0.25) is 0 Å². The molecule has 3 nitrogen and oxygen atoms in total. The molecule has 0 unspecified atom stereocenters. The van der Waals surface area contributed by atoms with Gasteiger partial charge in [0.05, 0.1) is 0 Å². The molecular formula is C17H29NO2Pd-2. The van der Waals surface area contributed by atoms with Crippen molar-refractivity contribution in [2.45, 2.75) is 41.2 Å². The van der Waals surface area contributed by atoms with Crippen LogP contribution in [0.3, 0.4) is 0 Å². The monoisotopic (exact) mass is 385 g/mol. The van der Waals surface area contributed by atoms with E-state index in [9.17, 15) is 4.79 Å². The number of carbonyl (C=O) groups excluding carboxylic acids is 1. The SMILES string of the molecule is CC(=O)C(C)(C)[C-](C)C.CN(C)Cc1[c-]cccc1.O.[Pd]. The van der Waals surface area contributed by atoms with E-state index in [0.717, 1.165) is 6.54 Å². The van der Waals surface area contributed by atoms with Gasteiger partial charge in [-0.05, 0) is 21.0 Å². The van der Waals surface area contributed by atoms with Crippen LogP contribution in [0.25, 0.3) is 0 Å². The Kier molecular flexibility index (Phi) is 14.6. The van der Waals surface area contributed by atoms with E-state index in [-0.39, 0.29) is 37.1 Å². The number of Topliss-reactive ketones (excluding diaryl/α,β-unsaturated/α-hetero) is 1. The van der Waals surface area contributed by atoms with Crippen LogP contribution in [0.2, 0.25) is 0 Å². The van der Waals surface area contributed by atoms with Crippen LogP contribution in [0.5, 0.6) is 0 Å². The van der Waals surface area contributed by atoms with Gasteiger partial charge in [-0.25, -0.2) is 0 Å². The summed E-state index contributed by atoms with van der Waals surface area (Å²) in [7, 11) is 4.11. The van der Waals surface area contributed by atoms with E-state index in [1.54, 1.807) is 6.92 Å². The molecule has 0 atom stereocenters. The molecule has 2 N–H and O–H groups in total. The molecule has 0 amide bonds. The first-order valence-electron chi connectivity index (χ1n) is 6.60. The van der Waals surface area contributed by atoms with Crippen LogP contribution >= 0.6 is 0 Å². The van der Waals surface area contributed by atoms with Gasteiger partial charge < -0.3 is 21.1 Å². The van der Waals surface area contributed by atoms with Gasteiger partial charge >= 0.3 is 0 Å². The van der Waals surface area contributed by atoms with E-state index >= 15 is 0 Å². The number of ketones is 1. The first kappa shape index (κ1) is 25.4. The number of benzene rings is 1. The quantitative estimate of drug-likeness (QED) is 0.591. The van der Waals surface area contributed by atoms with Crippen LogP contribution in [0.4, 0.5) is 0 Å². The molecule has 0 saturated carbocycles. The van der Waals surface area contributed by atoms with Crippen LogP contribution in [-0.2, 0) is 31.8 Å². The Morgan fingerprint density at radius 1 is 1.29 bits per heavy atom. The van der Waals surface area contributed by atoms with Crippen molar-refractivity contribution in [3.8, 4) is 0 Å². The third kappa shape index (κ3) is 10.8. The predicted octanol–water partition coefficient (Wildman–Crippen LogP) is 2.94. The molecule has 0 saturated heterocycles. The summed E-state index contributed by atoms with van der Waals surface area (Å²) < 4.78 is 0. The zero-order valence-corrected chi connectivity index (χ0v) is 15.7. The zero-order valence-electron chi connectivity index (χ0n) is 14.2. The van der Waals surface area contributed by atoms with Gasteiger partial charge in [0, 0.05) is 27.0 Å². The molecule has 0 aliphatic heterocycles. The second-order valence-electron chi connectivity index (χ2n) is 5.81. The minimum atomic E-state index is -0.222. The fourth-order valence-electron chi connectivity index (χ4n) is 1.22. The van der Waals surface area contributed by atoms with Gasteiger partial charge in [-0.2, -0.15) is 44.2 Å². The Morgan fingerprint density at radius 2 is 1.81 bits per heavy atom. The fourth-order valence-corrected chi connectivity index (χ4v) is 1.22. The van der Waals surface area contributed by atoms with E-state index in [1.807, 2.05) is 45.9 Å². The van der Waals surface area contributed by atoms with Crippen molar-refractivity contribution in [2.75, 3.05) is 14.1 Å². The average Bonchev–Trinajstić information content (AvgIpc) is 2.29. The third-order valence-corrected chi connectivity index (χ3v) is 3.39. The second-order valence-corrected chi connectivity index (χ2v) is 5.81. The van der Waals surface area contributed by atoms with Crippen molar-refractivity contribution in [3.63, 3.8) is 0 Å². The van der Waals surface area contributed by atoms with Crippen LogP contribution in [0, 0.1) is 17.4 Å². The van der Waals surface area contributed by atoms with Crippen molar-refractivity contribution in [1.29, 1.82) is 0 Å². The molecule has 0 aliphatic carbocycles. The molecule has 126 valence electrons. The van der Waals surface area contributed by atoms with E-state index in [0.29, 0.717) is 0 Å². The molecule has 0 aliphatic rings. The molecule has 0 radical (unpaired) electrons. The van der Waals surface area contributed by atoms with E-state index in [2.05, 4.69) is 31.1 Å². The fraction of sp³-hybridized carbons (Fsp3) is 0.529. The molecule has 4 heteroatoms. The predicted molar refractivity (Wildman–Crippen MR) is 85.3 cm³/mol. The maximum atomic E-state index is 10.9. The van der Waals surface area contributed by atoms with Crippen molar-refractivity contribution >= 4 is 5.78 Å². The number of hydrogen-bond donors (Lipinski definition) is 0. The summed E-state index contributed by atoms with van der Waals surface area (Å²) in [5.74, 6) is 1.41. The minimum Gasteiger partial charge on any atom is -0.412 e. The molecule has 1 aromatic carbocycles. The molecule has 0 spiro atoms. The maximum absolute atomic E-state index is 10.9. The van der Waals surface area contributed by atoms with Crippen molar-refractivity contribution in [1.82, 2.24) is 4.90 Å². The molecule has 21 heavy (non-hydrogen) atoms. The second kappa shape index (κ2) is 12.1. The maximum Gasteiger partial charge on any atom is 0.106 e. The normalized spacial score (nSPS) is 10.1. The van der Waals surface area contributed by atoms with Gasteiger partial charge in [0.2, 0.25) is 0 Å². The summed E-state index contributed by atoms with van der Waals surface area (Å²) in [5.41, 5.74) is 1.02. The smallest absolute Gasteiger partial charge is 0.106 e. The third-order valence-electron chi connectivity index (χ3n) is 3.39. The average molecular weight is 386 g/mol. The molecule has 1 aromatic rings. The van der Waals surface area contributed by atoms with Crippen molar-refractivity contribution < 1.29 is 30.7 Å². The topological polar surface area (TPSA) is 51.8 Å². The summed E-state index contributed by atoms with van der Waals surface area (Å²) in [5, 5.41) is 0. The Morgan fingerprint density at radius 3 is 2.05 bits per heavy atom. The van der Waals surface area contributed by atoms with Gasteiger partial charge in [0.15, 0.2) is 0 Å².